The van der Waals surface area contributed by atoms with E-state index >= 15 is 0 Å². The second kappa shape index (κ2) is 5.05. The summed E-state index contributed by atoms with van der Waals surface area (Å²) in [6, 6.07) is 8.98. The molecule has 2 N–H and O–H groups in total. The van der Waals surface area contributed by atoms with Crippen molar-refractivity contribution in [2.75, 3.05) is 0 Å². The lowest BCUT2D eigenvalue weighted by Gasteiger charge is -2.14. The van der Waals surface area contributed by atoms with Crippen molar-refractivity contribution in [3.05, 3.63) is 63.4 Å². The molecule has 0 fully saturated rings. The topological polar surface area (TPSA) is 38.9 Å². The van der Waals surface area contributed by atoms with Crippen molar-refractivity contribution in [2.24, 2.45) is 5.73 Å². The van der Waals surface area contributed by atoms with Gasteiger partial charge in [-0.2, -0.15) is 0 Å². The molecule has 0 amide bonds. The van der Waals surface area contributed by atoms with Crippen molar-refractivity contribution < 1.29 is 0 Å². The number of aromatic nitrogens is 1. The Labute approximate surface area is 110 Å². The number of rotatable bonds is 2. The number of nitrogens with two attached hydrogens (primary N) is 1. The molecule has 0 saturated heterocycles. The van der Waals surface area contributed by atoms with E-state index in [-0.39, 0.29) is 6.04 Å². The molecule has 0 radical (unpaired) electrons. The van der Waals surface area contributed by atoms with Gasteiger partial charge in [0.05, 0.1) is 21.8 Å². The van der Waals surface area contributed by atoms with Crippen LogP contribution in [0.2, 0.25) is 10.0 Å². The molecule has 0 aliphatic heterocycles. The Balaban J connectivity index is 2.40. The molecule has 1 atom stereocenters. The number of aryl methyl sites for hydroxylation is 1. The van der Waals surface area contributed by atoms with Crippen LogP contribution in [0.3, 0.4) is 0 Å². The first-order valence-electron chi connectivity index (χ1n) is 5.21. The minimum Gasteiger partial charge on any atom is -0.319 e. The highest BCUT2D eigenvalue weighted by molar-refractivity contribution is 6.42. The highest BCUT2D eigenvalue weighted by Crippen LogP contribution is 2.27. The van der Waals surface area contributed by atoms with E-state index in [0.29, 0.717) is 10.0 Å². The van der Waals surface area contributed by atoms with E-state index in [2.05, 4.69) is 4.98 Å². The van der Waals surface area contributed by atoms with Gasteiger partial charge in [-0.05, 0) is 36.2 Å². The van der Waals surface area contributed by atoms with Gasteiger partial charge >= 0.3 is 0 Å². The Hall–Kier alpha value is -1.09. The SMILES string of the molecule is Cc1cccnc1C(N)c1ccc(Cl)c(Cl)c1. The van der Waals surface area contributed by atoms with Gasteiger partial charge in [-0.1, -0.05) is 35.3 Å². The molecular weight excluding hydrogens is 255 g/mol. The summed E-state index contributed by atoms with van der Waals surface area (Å²) in [5.74, 6) is 0. The number of halogens is 2. The van der Waals surface area contributed by atoms with Gasteiger partial charge in [0.2, 0.25) is 0 Å². The van der Waals surface area contributed by atoms with Gasteiger partial charge in [-0.25, -0.2) is 0 Å². The lowest BCUT2D eigenvalue weighted by molar-refractivity contribution is 0.818. The van der Waals surface area contributed by atoms with E-state index < -0.39 is 0 Å². The first-order chi connectivity index (χ1) is 8.09. The Morgan fingerprint density at radius 3 is 2.59 bits per heavy atom. The Bertz CT molecular complexity index is 541. The van der Waals surface area contributed by atoms with E-state index in [1.807, 2.05) is 25.1 Å². The van der Waals surface area contributed by atoms with Gasteiger partial charge < -0.3 is 5.73 Å². The molecule has 0 aliphatic rings. The molecule has 2 rings (SSSR count). The third kappa shape index (κ3) is 2.60. The van der Waals surface area contributed by atoms with Crippen LogP contribution in [-0.4, -0.2) is 4.98 Å². The molecule has 1 aromatic heterocycles. The molecule has 2 aromatic rings. The molecule has 1 unspecified atom stereocenters. The molecule has 2 nitrogen and oxygen atoms in total. The second-order valence-electron chi connectivity index (χ2n) is 3.86. The Kier molecular flexibility index (Phi) is 3.67. The summed E-state index contributed by atoms with van der Waals surface area (Å²) in [7, 11) is 0. The zero-order valence-corrected chi connectivity index (χ0v) is 10.8. The number of benzene rings is 1. The fourth-order valence-corrected chi connectivity index (χ4v) is 1.99. The number of hydrogen-bond donors (Lipinski definition) is 1. The second-order valence-corrected chi connectivity index (χ2v) is 4.67. The van der Waals surface area contributed by atoms with Gasteiger partial charge in [-0.15, -0.1) is 0 Å². The molecule has 1 aromatic carbocycles. The average Bonchev–Trinajstić information content (AvgIpc) is 2.32. The highest BCUT2D eigenvalue weighted by atomic mass is 35.5. The van der Waals surface area contributed by atoms with E-state index in [0.717, 1.165) is 16.8 Å². The van der Waals surface area contributed by atoms with Crippen molar-refractivity contribution >= 4 is 23.2 Å². The summed E-state index contributed by atoms with van der Waals surface area (Å²) >= 11 is 11.9. The molecule has 0 saturated carbocycles. The normalized spacial score (nSPS) is 12.5. The first kappa shape index (κ1) is 12.4. The molecule has 0 aliphatic carbocycles. The third-order valence-electron chi connectivity index (χ3n) is 2.65. The quantitative estimate of drug-likeness (QED) is 0.900. The largest absolute Gasteiger partial charge is 0.319 e. The fraction of sp³-hybridized carbons (Fsp3) is 0.154. The number of hydrogen-bond acceptors (Lipinski definition) is 2. The van der Waals surface area contributed by atoms with Crippen molar-refractivity contribution in [3.8, 4) is 0 Å². The maximum atomic E-state index is 6.17. The molecule has 0 bridgehead atoms. The van der Waals surface area contributed by atoms with Crippen molar-refractivity contribution in [1.82, 2.24) is 4.98 Å². The predicted octanol–water partition coefficient (Wildman–Crippen LogP) is 3.74. The van der Waals surface area contributed by atoms with Crippen LogP contribution < -0.4 is 5.73 Å². The van der Waals surface area contributed by atoms with Crippen LogP contribution in [-0.2, 0) is 0 Å². The highest BCUT2D eigenvalue weighted by Gasteiger charge is 2.13. The summed E-state index contributed by atoms with van der Waals surface area (Å²) < 4.78 is 0. The van der Waals surface area contributed by atoms with Gasteiger partial charge in [0.15, 0.2) is 0 Å². The standard InChI is InChI=1S/C13H12Cl2N2/c1-8-3-2-6-17-13(8)12(16)9-4-5-10(14)11(15)7-9/h2-7,12H,16H2,1H3. The molecule has 0 spiro atoms. The van der Waals surface area contributed by atoms with Crippen LogP contribution in [0.5, 0.6) is 0 Å². The van der Waals surface area contributed by atoms with Gasteiger partial charge in [-0.3, -0.25) is 4.98 Å². The summed E-state index contributed by atoms with van der Waals surface area (Å²) in [5.41, 5.74) is 8.99. The Morgan fingerprint density at radius 1 is 1.18 bits per heavy atom. The maximum Gasteiger partial charge on any atom is 0.0729 e. The third-order valence-corrected chi connectivity index (χ3v) is 3.39. The number of pyridine rings is 1. The van der Waals surface area contributed by atoms with Crippen LogP contribution in [0.4, 0.5) is 0 Å². The molecular formula is C13H12Cl2N2. The Morgan fingerprint density at radius 2 is 1.94 bits per heavy atom. The van der Waals surface area contributed by atoms with Crippen LogP contribution in [0.15, 0.2) is 36.5 Å². The summed E-state index contributed by atoms with van der Waals surface area (Å²) in [5, 5.41) is 1.04. The van der Waals surface area contributed by atoms with Gasteiger partial charge in [0, 0.05) is 6.20 Å². The lowest BCUT2D eigenvalue weighted by atomic mass is 10.0. The smallest absolute Gasteiger partial charge is 0.0729 e. The van der Waals surface area contributed by atoms with Crippen LogP contribution in [0, 0.1) is 6.92 Å². The monoisotopic (exact) mass is 266 g/mol. The zero-order valence-electron chi connectivity index (χ0n) is 9.32. The van der Waals surface area contributed by atoms with Crippen LogP contribution in [0.25, 0.3) is 0 Å². The zero-order chi connectivity index (χ0) is 12.4. The van der Waals surface area contributed by atoms with Crippen LogP contribution in [0.1, 0.15) is 22.9 Å². The lowest BCUT2D eigenvalue weighted by Crippen LogP contribution is -2.14. The summed E-state index contributed by atoms with van der Waals surface area (Å²) in [6.07, 6.45) is 1.74. The van der Waals surface area contributed by atoms with Crippen molar-refractivity contribution in [2.45, 2.75) is 13.0 Å². The molecule has 4 heteroatoms. The molecule has 17 heavy (non-hydrogen) atoms. The first-order valence-corrected chi connectivity index (χ1v) is 5.97. The summed E-state index contributed by atoms with van der Waals surface area (Å²) in [6.45, 7) is 1.99. The molecule has 1 heterocycles. The van der Waals surface area contributed by atoms with Crippen molar-refractivity contribution in [1.29, 1.82) is 0 Å². The average molecular weight is 267 g/mol. The van der Waals surface area contributed by atoms with E-state index in [1.165, 1.54) is 0 Å². The van der Waals surface area contributed by atoms with E-state index in [9.17, 15) is 0 Å². The summed E-state index contributed by atoms with van der Waals surface area (Å²) in [4.78, 5) is 4.31. The van der Waals surface area contributed by atoms with Crippen LogP contribution >= 0.6 is 23.2 Å². The van der Waals surface area contributed by atoms with Gasteiger partial charge in [0.25, 0.3) is 0 Å². The fourth-order valence-electron chi connectivity index (χ4n) is 1.69. The number of nitrogens with zero attached hydrogens (tertiary/aromatic N) is 1. The van der Waals surface area contributed by atoms with Gasteiger partial charge in [0.1, 0.15) is 0 Å². The minimum absolute atomic E-state index is 0.286. The molecule has 88 valence electrons. The van der Waals surface area contributed by atoms with E-state index in [1.54, 1.807) is 18.3 Å². The predicted molar refractivity (Wildman–Crippen MR) is 71.5 cm³/mol. The van der Waals surface area contributed by atoms with E-state index in [4.69, 9.17) is 28.9 Å². The van der Waals surface area contributed by atoms with Crippen molar-refractivity contribution in [3.63, 3.8) is 0 Å². The minimum atomic E-state index is -0.286. The maximum absolute atomic E-state index is 6.17.